The van der Waals surface area contributed by atoms with Crippen molar-refractivity contribution in [1.82, 2.24) is 0 Å². The molecule has 0 unspecified atom stereocenters. The number of hydrogen-bond donors (Lipinski definition) is 4. The Morgan fingerprint density at radius 2 is 1.40 bits per heavy atom. The third-order valence-corrected chi connectivity index (χ3v) is 0. The van der Waals surface area contributed by atoms with Crippen molar-refractivity contribution in [2.75, 3.05) is 0 Å². The zero-order valence-electron chi connectivity index (χ0n) is 2.50. The zero-order chi connectivity index (χ0) is 4.71. The second kappa shape index (κ2) is 27.8. The van der Waals surface area contributed by atoms with Crippen LogP contribution in [-0.2, 0) is 0 Å². The van der Waals surface area contributed by atoms with E-state index in [0.717, 1.165) is 0 Å². The van der Waals surface area contributed by atoms with Gasteiger partial charge in [0.1, 0.15) is 0 Å². The van der Waals surface area contributed by atoms with Crippen LogP contribution in [-0.4, -0.2) is 17.7 Å². The third kappa shape index (κ3) is 260. The zero-order valence-corrected chi connectivity index (χ0v) is 3.39. The maximum atomic E-state index is 7.00. The van der Waals surface area contributed by atoms with Gasteiger partial charge >= 0.3 is 7.69 Å². The molecule has 0 aliphatic heterocycles. The first-order valence-corrected chi connectivity index (χ1v) is 1.29. The Balaban J connectivity index is 0. The number of nitrogens with two attached hydrogens (primary N) is 1. The molecule has 0 fully saturated rings. The molecule has 5 heteroatoms. The quantitative estimate of drug-likeness (QED) is 0.213. The first-order chi connectivity index (χ1) is 2.41. The van der Waals surface area contributed by atoms with Gasteiger partial charge in [-0.05, 0) is 0 Å². The Kier molecular flexibility index (Phi) is 50.0. The highest BCUT2D eigenvalue weighted by atomic mass is 32.1. The van der Waals surface area contributed by atoms with Gasteiger partial charge in [0.2, 0.25) is 0 Å². The standard InChI is InChI=1S/BH2O2.H3NS/c2-1-3;1-2/h2-3H;2H,1H2. The molecule has 0 rings (SSSR count). The summed E-state index contributed by atoms with van der Waals surface area (Å²) in [7, 11) is 0. The van der Waals surface area contributed by atoms with Crippen molar-refractivity contribution >= 4 is 20.5 Å². The van der Waals surface area contributed by atoms with Crippen molar-refractivity contribution in [1.29, 1.82) is 0 Å². The highest BCUT2D eigenvalue weighted by molar-refractivity contribution is 7.77. The van der Waals surface area contributed by atoms with Crippen LogP contribution < -0.4 is 5.14 Å². The van der Waals surface area contributed by atoms with Crippen molar-refractivity contribution in [2.24, 2.45) is 5.14 Å². The van der Waals surface area contributed by atoms with E-state index in [1.54, 1.807) is 0 Å². The smallest absolute Gasteiger partial charge is 0.429 e. The Labute approximate surface area is 36.7 Å². The molecule has 0 heterocycles. The minimum atomic E-state index is 0. The van der Waals surface area contributed by atoms with E-state index in [-0.39, 0.29) is 7.69 Å². The maximum absolute atomic E-state index is 7.00. The fourth-order valence-corrected chi connectivity index (χ4v) is 0. The minimum absolute atomic E-state index is 0. The van der Waals surface area contributed by atoms with Crippen LogP contribution >= 0.6 is 12.8 Å². The van der Waals surface area contributed by atoms with Crippen LogP contribution in [0.2, 0.25) is 0 Å². The van der Waals surface area contributed by atoms with Crippen molar-refractivity contribution in [3.8, 4) is 0 Å². The summed E-state index contributed by atoms with van der Waals surface area (Å²) < 4.78 is 0. The van der Waals surface area contributed by atoms with E-state index in [4.69, 9.17) is 10.0 Å². The van der Waals surface area contributed by atoms with Gasteiger partial charge in [-0.25, -0.2) is 0 Å². The molecule has 0 aromatic heterocycles. The van der Waals surface area contributed by atoms with E-state index in [0.29, 0.717) is 0 Å². The van der Waals surface area contributed by atoms with Gasteiger partial charge in [0.15, 0.2) is 0 Å². The van der Waals surface area contributed by atoms with E-state index in [9.17, 15) is 0 Å². The highest BCUT2D eigenvalue weighted by Gasteiger charge is 1.51. The van der Waals surface area contributed by atoms with Crippen LogP contribution in [0.1, 0.15) is 0 Å². The summed E-state index contributed by atoms with van der Waals surface area (Å²) in [5.41, 5.74) is 0. The topological polar surface area (TPSA) is 66.5 Å². The molecule has 31 valence electrons. The Morgan fingerprint density at radius 3 is 1.40 bits per heavy atom. The van der Waals surface area contributed by atoms with Gasteiger partial charge in [-0.3, -0.25) is 5.14 Å². The van der Waals surface area contributed by atoms with Crippen molar-refractivity contribution in [3.63, 3.8) is 0 Å². The second-order valence-electron chi connectivity index (χ2n) is 0.115. The van der Waals surface area contributed by atoms with Gasteiger partial charge in [0, 0.05) is 0 Å². The number of rotatable bonds is 0. The summed E-state index contributed by atoms with van der Waals surface area (Å²) >= 11 is 3.03. The van der Waals surface area contributed by atoms with Crippen LogP contribution in [0.15, 0.2) is 0 Å². The van der Waals surface area contributed by atoms with Gasteiger partial charge in [-0.1, -0.05) is 0 Å². The molecule has 1 radical (unpaired) electrons. The average molecular weight is 93.9 g/mol. The van der Waals surface area contributed by atoms with Crippen LogP contribution in [0.3, 0.4) is 0 Å². The van der Waals surface area contributed by atoms with E-state index in [1.165, 1.54) is 0 Å². The summed E-state index contributed by atoms with van der Waals surface area (Å²) in [6.07, 6.45) is 0. The summed E-state index contributed by atoms with van der Waals surface area (Å²) in [5, 5.41) is 18.2. The highest BCUT2D eigenvalue weighted by Crippen LogP contribution is 1.12. The Bertz CT molecular complexity index is 9.61. The molecule has 4 N–H and O–H groups in total. The van der Waals surface area contributed by atoms with E-state index >= 15 is 0 Å². The molecule has 0 aliphatic carbocycles. The van der Waals surface area contributed by atoms with Crippen molar-refractivity contribution in [3.05, 3.63) is 0 Å². The molecule has 0 amide bonds. The maximum Gasteiger partial charge on any atom is 0.482 e. The van der Waals surface area contributed by atoms with Gasteiger partial charge < -0.3 is 10.0 Å². The summed E-state index contributed by atoms with van der Waals surface area (Å²) in [4.78, 5) is 0. The fraction of sp³-hybridized carbons (Fsp3) is 0. The second-order valence-corrected chi connectivity index (χ2v) is 0.115. The van der Waals surface area contributed by atoms with Crippen LogP contribution in [0.5, 0.6) is 0 Å². The van der Waals surface area contributed by atoms with E-state index < -0.39 is 0 Å². The monoisotopic (exact) mass is 94.0 g/mol. The molecule has 0 saturated heterocycles. The predicted molar refractivity (Wildman–Crippen MR) is 23.4 cm³/mol. The lowest BCUT2D eigenvalue weighted by molar-refractivity contribution is 0.448. The first-order valence-electron chi connectivity index (χ1n) is 0.775. The molecular weight excluding hydrogens is 88.9 g/mol. The molecule has 0 spiro atoms. The fourth-order valence-electron chi connectivity index (χ4n) is 0. The minimum Gasteiger partial charge on any atom is -0.429 e. The largest absolute Gasteiger partial charge is 0.482 e. The lowest BCUT2D eigenvalue weighted by atomic mass is 10.5. The Morgan fingerprint density at radius 1 is 1.40 bits per heavy atom. The molecule has 0 aromatic rings. The lowest BCUT2D eigenvalue weighted by Gasteiger charge is -1.46. The third-order valence-electron chi connectivity index (χ3n) is 0. The van der Waals surface area contributed by atoms with Gasteiger partial charge in [-0.15, -0.1) is 12.8 Å². The molecule has 0 aliphatic rings. The predicted octanol–water partition coefficient (Wildman–Crippen LogP) is -1.70. The number of hydrogen-bond acceptors (Lipinski definition) is 4. The molecule has 0 bridgehead atoms. The molecule has 0 aromatic carbocycles. The first kappa shape index (κ1) is 9.00. The van der Waals surface area contributed by atoms with Crippen LogP contribution in [0, 0.1) is 0 Å². The summed E-state index contributed by atoms with van der Waals surface area (Å²) in [6.45, 7) is 0. The summed E-state index contributed by atoms with van der Waals surface area (Å²) in [6, 6.07) is 0. The molecule has 3 nitrogen and oxygen atoms in total. The molecular formula is H5BNO2S. The van der Waals surface area contributed by atoms with Gasteiger partial charge in [-0.2, -0.15) is 0 Å². The van der Waals surface area contributed by atoms with E-state index in [1.807, 2.05) is 0 Å². The van der Waals surface area contributed by atoms with Gasteiger partial charge in [0.25, 0.3) is 0 Å². The molecule has 5 heavy (non-hydrogen) atoms. The lowest BCUT2D eigenvalue weighted by Crippen LogP contribution is -1.75. The SMILES string of the molecule is NS.O[B]O. The number of thiol groups is 1. The van der Waals surface area contributed by atoms with E-state index in [2.05, 4.69) is 18.0 Å². The molecule has 0 saturated carbocycles. The average Bonchev–Trinajstić information content (AvgIpc) is 1.46. The van der Waals surface area contributed by atoms with Crippen LogP contribution in [0.25, 0.3) is 0 Å². The Hall–Kier alpha value is 0.295. The summed E-state index contributed by atoms with van der Waals surface area (Å²) in [5.74, 6) is 0. The van der Waals surface area contributed by atoms with Crippen molar-refractivity contribution < 1.29 is 10.0 Å². The normalized spacial score (nSPS) is 4.00. The molecule has 0 atom stereocenters. The van der Waals surface area contributed by atoms with Gasteiger partial charge in [0.05, 0.1) is 0 Å². The van der Waals surface area contributed by atoms with Crippen LogP contribution in [0.4, 0.5) is 0 Å². The van der Waals surface area contributed by atoms with Crippen molar-refractivity contribution in [2.45, 2.75) is 0 Å².